The van der Waals surface area contributed by atoms with E-state index in [9.17, 15) is 13.2 Å². The molecule has 26 heavy (non-hydrogen) atoms. The lowest BCUT2D eigenvalue weighted by Gasteiger charge is -2.29. The fraction of sp³-hybridized carbons (Fsp3) is 0.316. The standard InChI is InChI=1S/C19H21ClN2O3S/c1-2-19(23)22-10-9-14-7-8-17(11-16(14)12-22)21-26(24,25)13-15-5-3-4-6-18(15)20/h3-8,11,21H,2,9-10,12-13H2,1H3. The lowest BCUT2D eigenvalue weighted by molar-refractivity contribution is -0.131. The van der Waals surface area contributed by atoms with Crippen LogP contribution in [0.1, 0.15) is 30.0 Å². The highest BCUT2D eigenvalue weighted by Crippen LogP contribution is 2.25. The van der Waals surface area contributed by atoms with Crippen molar-refractivity contribution < 1.29 is 13.2 Å². The number of sulfonamides is 1. The van der Waals surface area contributed by atoms with Crippen LogP contribution in [0.15, 0.2) is 42.5 Å². The van der Waals surface area contributed by atoms with Crippen molar-refractivity contribution in [2.75, 3.05) is 11.3 Å². The highest BCUT2D eigenvalue weighted by Gasteiger charge is 2.21. The molecule has 138 valence electrons. The van der Waals surface area contributed by atoms with Gasteiger partial charge in [-0.3, -0.25) is 9.52 Å². The Kier molecular flexibility index (Phi) is 5.53. The maximum atomic E-state index is 12.5. The van der Waals surface area contributed by atoms with E-state index in [4.69, 9.17) is 11.6 Å². The minimum Gasteiger partial charge on any atom is -0.338 e. The number of anilines is 1. The largest absolute Gasteiger partial charge is 0.338 e. The minimum atomic E-state index is -3.59. The Morgan fingerprint density at radius 2 is 1.96 bits per heavy atom. The summed E-state index contributed by atoms with van der Waals surface area (Å²) in [5.74, 6) is -0.0788. The summed E-state index contributed by atoms with van der Waals surface area (Å²) in [4.78, 5) is 13.7. The highest BCUT2D eigenvalue weighted by molar-refractivity contribution is 7.91. The molecule has 0 saturated carbocycles. The van der Waals surface area contributed by atoms with Gasteiger partial charge in [-0.1, -0.05) is 42.8 Å². The second kappa shape index (κ2) is 7.68. The summed E-state index contributed by atoms with van der Waals surface area (Å²) in [5, 5.41) is 0.428. The van der Waals surface area contributed by atoms with E-state index < -0.39 is 10.0 Å². The highest BCUT2D eigenvalue weighted by atomic mass is 35.5. The lowest BCUT2D eigenvalue weighted by atomic mass is 9.99. The van der Waals surface area contributed by atoms with Gasteiger partial charge in [0.2, 0.25) is 15.9 Å². The van der Waals surface area contributed by atoms with Gasteiger partial charge < -0.3 is 4.90 Å². The summed E-state index contributed by atoms with van der Waals surface area (Å²) in [6, 6.07) is 12.4. The van der Waals surface area contributed by atoms with E-state index in [0.717, 1.165) is 17.5 Å². The van der Waals surface area contributed by atoms with E-state index in [0.29, 0.717) is 35.8 Å². The van der Waals surface area contributed by atoms with Crippen LogP contribution in [0.25, 0.3) is 0 Å². The van der Waals surface area contributed by atoms with E-state index in [-0.39, 0.29) is 11.7 Å². The molecule has 0 fully saturated rings. The van der Waals surface area contributed by atoms with Gasteiger partial charge >= 0.3 is 0 Å². The molecule has 0 saturated heterocycles. The Morgan fingerprint density at radius 3 is 2.69 bits per heavy atom. The second-order valence-electron chi connectivity index (χ2n) is 6.35. The first-order valence-corrected chi connectivity index (χ1v) is 10.5. The zero-order valence-corrected chi connectivity index (χ0v) is 16.1. The topological polar surface area (TPSA) is 66.5 Å². The Morgan fingerprint density at radius 1 is 1.19 bits per heavy atom. The van der Waals surface area contributed by atoms with Crippen LogP contribution in [0.5, 0.6) is 0 Å². The van der Waals surface area contributed by atoms with Gasteiger partial charge in [-0.05, 0) is 41.3 Å². The quantitative estimate of drug-likeness (QED) is 0.845. The van der Waals surface area contributed by atoms with Crippen LogP contribution in [0.3, 0.4) is 0 Å². The van der Waals surface area contributed by atoms with E-state index in [1.165, 1.54) is 0 Å². The molecule has 7 heteroatoms. The van der Waals surface area contributed by atoms with Crippen molar-refractivity contribution in [1.82, 2.24) is 4.90 Å². The van der Waals surface area contributed by atoms with Crippen molar-refractivity contribution in [3.63, 3.8) is 0 Å². The third kappa shape index (κ3) is 4.37. The fourth-order valence-electron chi connectivity index (χ4n) is 3.09. The summed E-state index contributed by atoms with van der Waals surface area (Å²) in [6.45, 7) is 3.07. The molecule has 1 N–H and O–H groups in total. The molecule has 0 aromatic heterocycles. The molecule has 0 radical (unpaired) electrons. The van der Waals surface area contributed by atoms with Gasteiger partial charge in [0.1, 0.15) is 0 Å². The molecule has 2 aromatic carbocycles. The molecule has 1 amide bonds. The lowest BCUT2D eigenvalue weighted by Crippen LogP contribution is -2.35. The maximum absolute atomic E-state index is 12.5. The Bertz CT molecular complexity index is 928. The number of amides is 1. The van der Waals surface area contributed by atoms with E-state index in [1.807, 2.05) is 24.0 Å². The van der Waals surface area contributed by atoms with Gasteiger partial charge in [0.05, 0.1) is 5.75 Å². The maximum Gasteiger partial charge on any atom is 0.236 e. The van der Waals surface area contributed by atoms with Crippen molar-refractivity contribution in [2.45, 2.75) is 32.1 Å². The van der Waals surface area contributed by atoms with Crippen molar-refractivity contribution in [3.05, 3.63) is 64.2 Å². The molecule has 1 aliphatic rings. The average molecular weight is 393 g/mol. The van der Waals surface area contributed by atoms with Gasteiger partial charge in [-0.2, -0.15) is 0 Å². The predicted octanol–water partition coefficient (Wildman–Crippen LogP) is 3.58. The number of carbonyl (C=O) groups excluding carboxylic acids is 1. The molecule has 0 unspecified atom stereocenters. The summed E-state index contributed by atoms with van der Waals surface area (Å²) < 4.78 is 27.6. The van der Waals surface area contributed by atoms with Crippen molar-refractivity contribution in [3.8, 4) is 0 Å². The summed E-state index contributed by atoms with van der Waals surface area (Å²) in [6.07, 6.45) is 1.26. The summed E-state index contributed by atoms with van der Waals surface area (Å²) in [5.41, 5.74) is 3.19. The Labute approximate surface area is 159 Å². The third-order valence-electron chi connectivity index (χ3n) is 4.45. The normalized spacial score (nSPS) is 14.0. The number of halogens is 1. The zero-order valence-electron chi connectivity index (χ0n) is 14.5. The molecule has 1 aliphatic heterocycles. The van der Waals surface area contributed by atoms with Gasteiger partial charge in [0.25, 0.3) is 0 Å². The molecule has 3 rings (SSSR count). The fourth-order valence-corrected chi connectivity index (χ4v) is 4.59. The van der Waals surface area contributed by atoms with Crippen molar-refractivity contribution >= 4 is 33.2 Å². The number of benzene rings is 2. The van der Waals surface area contributed by atoms with E-state index in [2.05, 4.69) is 4.72 Å². The molecule has 0 bridgehead atoms. The Hall–Kier alpha value is -2.05. The minimum absolute atomic E-state index is 0.111. The van der Waals surface area contributed by atoms with E-state index >= 15 is 0 Å². The van der Waals surface area contributed by atoms with Crippen LogP contribution in [0.4, 0.5) is 5.69 Å². The first-order valence-electron chi connectivity index (χ1n) is 8.51. The first kappa shape index (κ1) is 18.7. The van der Waals surface area contributed by atoms with Crippen LogP contribution < -0.4 is 4.72 Å². The molecule has 0 atom stereocenters. The van der Waals surface area contributed by atoms with Crippen LogP contribution >= 0.6 is 11.6 Å². The summed E-state index contributed by atoms with van der Waals surface area (Å²) >= 11 is 6.06. The van der Waals surface area contributed by atoms with Gasteiger partial charge in [0, 0.05) is 30.2 Å². The van der Waals surface area contributed by atoms with E-state index in [1.54, 1.807) is 30.3 Å². The number of carbonyl (C=O) groups is 1. The van der Waals surface area contributed by atoms with Crippen molar-refractivity contribution in [1.29, 1.82) is 0 Å². The Balaban J connectivity index is 1.76. The molecule has 5 nitrogen and oxygen atoms in total. The van der Waals surface area contributed by atoms with Crippen molar-refractivity contribution in [2.24, 2.45) is 0 Å². The first-order chi connectivity index (χ1) is 12.4. The second-order valence-corrected chi connectivity index (χ2v) is 8.48. The molecule has 1 heterocycles. The van der Waals surface area contributed by atoms with Gasteiger partial charge in [0.15, 0.2) is 0 Å². The molecular formula is C19H21ClN2O3S. The summed E-state index contributed by atoms with van der Waals surface area (Å²) in [7, 11) is -3.59. The number of nitrogens with one attached hydrogen (secondary N) is 1. The van der Waals surface area contributed by atoms with Crippen LogP contribution in [-0.2, 0) is 33.5 Å². The number of nitrogens with zero attached hydrogens (tertiary/aromatic N) is 1. The van der Waals surface area contributed by atoms with Crippen LogP contribution in [0, 0.1) is 0 Å². The van der Waals surface area contributed by atoms with Crippen LogP contribution in [-0.4, -0.2) is 25.8 Å². The average Bonchev–Trinajstić information content (AvgIpc) is 2.62. The number of hydrogen-bond acceptors (Lipinski definition) is 3. The third-order valence-corrected chi connectivity index (χ3v) is 6.06. The SMILES string of the molecule is CCC(=O)N1CCc2ccc(NS(=O)(=O)Cc3ccccc3Cl)cc2C1. The molecular weight excluding hydrogens is 372 g/mol. The number of fused-ring (bicyclic) bond motifs is 1. The van der Waals surface area contributed by atoms with Gasteiger partial charge in [-0.25, -0.2) is 8.42 Å². The predicted molar refractivity (Wildman–Crippen MR) is 104 cm³/mol. The molecule has 2 aromatic rings. The van der Waals surface area contributed by atoms with Gasteiger partial charge in [-0.15, -0.1) is 0 Å². The molecule has 0 aliphatic carbocycles. The zero-order chi connectivity index (χ0) is 18.7. The number of rotatable bonds is 5. The monoisotopic (exact) mass is 392 g/mol. The molecule has 0 spiro atoms. The smallest absolute Gasteiger partial charge is 0.236 e. The van der Waals surface area contributed by atoms with Crippen LogP contribution in [0.2, 0.25) is 5.02 Å². The number of hydrogen-bond donors (Lipinski definition) is 1.